The van der Waals surface area contributed by atoms with Crippen molar-refractivity contribution in [2.24, 2.45) is 0 Å². The zero-order valence-corrected chi connectivity index (χ0v) is 14.5. The Labute approximate surface area is 149 Å². The molecule has 4 rings (SSSR count). The lowest BCUT2D eigenvalue weighted by Crippen LogP contribution is -2.30. The van der Waals surface area contributed by atoms with Crippen molar-refractivity contribution in [3.05, 3.63) is 52.5 Å². The van der Waals surface area contributed by atoms with Crippen molar-refractivity contribution < 1.29 is 14.3 Å². The maximum absolute atomic E-state index is 12.7. The molecule has 0 fully saturated rings. The van der Waals surface area contributed by atoms with E-state index in [1.807, 2.05) is 23.9 Å². The van der Waals surface area contributed by atoms with E-state index in [9.17, 15) is 4.79 Å². The fraction of sp³-hybridized carbons (Fsp3) is 0.278. The maximum Gasteiger partial charge on any atom is 0.251 e. The molecule has 124 valence electrons. The minimum atomic E-state index is -0.152. The van der Waals surface area contributed by atoms with Crippen LogP contribution in [0.1, 0.15) is 28.4 Å². The van der Waals surface area contributed by atoms with E-state index in [4.69, 9.17) is 21.1 Å². The number of carbonyl (C=O) groups excluding carboxylic acids is 1. The van der Waals surface area contributed by atoms with E-state index in [1.54, 1.807) is 12.1 Å². The second kappa shape index (κ2) is 6.57. The Hall–Kier alpha value is -1.85. The van der Waals surface area contributed by atoms with Gasteiger partial charge in [-0.1, -0.05) is 29.8 Å². The molecule has 2 aliphatic heterocycles. The van der Waals surface area contributed by atoms with Crippen LogP contribution in [0.15, 0.2) is 41.3 Å². The SMILES string of the molecule is O=C(N[C@@H]1CCSc2ccccc21)c1cc(Cl)c2c(c1)OCCO2. The Morgan fingerprint density at radius 2 is 2.04 bits per heavy atom. The molecule has 2 aromatic carbocycles. The smallest absolute Gasteiger partial charge is 0.251 e. The van der Waals surface area contributed by atoms with Crippen LogP contribution in [0.25, 0.3) is 0 Å². The van der Waals surface area contributed by atoms with Crippen molar-refractivity contribution in [3.8, 4) is 11.5 Å². The number of fused-ring (bicyclic) bond motifs is 2. The number of ether oxygens (including phenoxy) is 2. The molecule has 1 amide bonds. The van der Waals surface area contributed by atoms with E-state index < -0.39 is 0 Å². The molecule has 0 saturated carbocycles. The highest BCUT2D eigenvalue weighted by molar-refractivity contribution is 7.99. The van der Waals surface area contributed by atoms with Crippen molar-refractivity contribution in [3.63, 3.8) is 0 Å². The predicted octanol–water partition coefficient (Wildman–Crippen LogP) is 4.08. The Balaban J connectivity index is 1.58. The summed E-state index contributed by atoms with van der Waals surface area (Å²) in [5, 5.41) is 3.52. The van der Waals surface area contributed by atoms with Gasteiger partial charge >= 0.3 is 0 Å². The number of carbonyl (C=O) groups is 1. The van der Waals surface area contributed by atoms with Crippen LogP contribution in [0.4, 0.5) is 0 Å². The van der Waals surface area contributed by atoms with Crippen LogP contribution in [0, 0.1) is 0 Å². The van der Waals surface area contributed by atoms with Crippen LogP contribution in [0.5, 0.6) is 11.5 Å². The third-order valence-corrected chi connectivity index (χ3v) is 5.53. The van der Waals surface area contributed by atoms with E-state index >= 15 is 0 Å². The normalized spacial score (nSPS) is 18.6. The quantitative estimate of drug-likeness (QED) is 0.875. The first kappa shape index (κ1) is 15.7. The second-order valence-electron chi connectivity index (χ2n) is 5.68. The van der Waals surface area contributed by atoms with Gasteiger partial charge in [0.25, 0.3) is 5.91 Å². The molecule has 4 nitrogen and oxygen atoms in total. The highest BCUT2D eigenvalue weighted by atomic mass is 35.5. The predicted molar refractivity (Wildman–Crippen MR) is 94.4 cm³/mol. The number of benzene rings is 2. The Bertz CT molecular complexity index is 796. The molecular weight excluding hydrogens is 346 g/mol. The van der Waals surface area contributed by atoms with Crippen molar-refractivity contribution in [1.82, 2.24) is 5.32 Å². The van der Waals surface area contributed by atoms with Crippen molar-refractivity contribution in [2.45, 2.75) is 17.4 Å². The molecule has 0 unspecified atom stereocenters. The van der Waals surface area contributed by atoms with E-state index in [1.165, 1.54) is 10.5 Å². The number of thioether (sulfide) groups is 1. The zero-order chi connectivity index (χ0) is 16.5. The van der Waals surface area contributed by atoms with Crippen molar-refractivity contribution in [1.29, 1.82) is 0 Å². The van der Waals surface area contributed by atoms with Crippen LogP contribution in [0.2, 0.25) is 5.02 Å². The van der Waals surface area contributed by atoms with Crippen LogP contribution in [0.3, 0.4) is 0 Å². The fourth-order valence-corrected chi connectivity index (χ4v) is 4.37. The lowest BCUT2D eigenvalue weighted by Gasteiger charge is -2.26. The third-order valence-electron chi connectivity index (χ3n) is 4.12. The number of amides is 1. The van der Waals surface area contributed by atoms with Gasteiger partial charge in [0, 0.05) is 16.2 Å². The van der Waals surface area contributed by atoms with Crippen molar-refractivity contribution in [2.75, 3.05) is 19.0 Å². The molecule has 0 spiro atoms. The topological polar surface area (TPSA) is 47.6 Å². The first-order chi connectivity index (χ1) is 11.7. The molecule has 2 heterocycles. The van der Waals surface area contributed by atoms with Crippen molar-refractivity contribution >= 4 is 29.3 Å². The van der Waals surface area contributed by atoms with Gasteiger partial charge in [-0.2, -0.15) is 0 Å². The van der Waals surface area contributed by atoms with Gasteiger partial charge in [-0.15, -0.1) is 11.8 Å². The summed E-state index contributed by atoms with van der Waals surface area (Å²) >= 11 is 8.05. The Kier molecular flexibility index (Phi) is 4.29. The fourth-order valence-electron chi connectivity index (χ4n) is 2.98. The summed E-state index contributed by atoms with van der Waals surface area (Å²) in [6.07, 6.45) is 0.908. The van der Waals surface area contributed by atoms with Gasteiger partial charge in [0.15, 0.2) is 11.5 Å². The van der Waals surface area contributed by atoms with Crippen LogP contribution >= 0.6 is 23.4 Å². The summed E-state index contributed by atoms with van der Waals surface area (Å²) in [7, 11) is 0. The Morgan fingerprint density at radius 1 is 1.21 bits per heavy atom. The number of halogens is 1. The van der Waals surface area contributed by atoms with Gasteiger partial charge in [-0.25, -0.2) is 0 Å². The number of rotatable bonds is 2. The molecule has 6 heteroatoms. The largest absolute Gasteiger partial charge is 0.486 e. The van der Waals surface area contributed by atoms with E-state index in [-0.39, 0.29) is 11.9 Å². The molecular formula is C18H16ClNO3S. The minimum absolute atomic E-state index is 0.0157. The molecule has 24 heavy (non-hydrogen) atoms. The maximum atomic E-state index is 12.7. The molecule has 1 atom stereocenters. The van der Waals surface area contributed by atoms with Crippen LogP contribution in [-0.4, -0.2) is 24.9 Å². The van der Waals surface area contributed by atoms with E-state index in [2.05, 4.69) is 17.4 Å². The van der Waals surface area contributed by atoms with Crippen LogP contribution in [-0.2, 0) is 0 Å². The molecule has 2 aromatic rings. The molecule has 0 aliphatic carbocycles. The minimum Gasteiger partial charge on any atom is -0.486 e. The van der Waals surface area contributed by atoms with Crippen LogP contribution < -0.4 is 14.8 Å². The second-order valence-corrected chi connectivity index (χ2v) is 7.23. The zero-order valence-electron chi connectivity index (χ0n) is 12.9. The highest BCUT2D eigenvalue weighted by Crippen LogP contribution is 2.39. The molecule has 0 aromatic heterocycles. The first-order valence-corrected chi connectivity index (χ1v) is 9.20. The lowest BCUT2D eigenvalue weighted by molar-refractivity contribution is 0.0933. The van der Waals surface area contributed by atoms with Gasteiger partial charge in [-0.05, 0) is 30.2 Å². The molecule has 2 aliphatic rings. The summed E-state index contributed by atoms with van der Waals surface area (Å²) < 4.78 is 11.0. The highest BCUT2D eigenvalue weighted by Gasteiger charge is 2.24. The molecule has 0 radical (unpaired) electrons. The standard InChI is InChI=1S/C18H16ClNO3S/c19-13-9-11(10-15-17(13)23-7-6-22-15)18(21)20-14-5-8-24-16-4-2-1-3-12(14)16/h1-4,9-10,14H,5-8H2,(H,20,21)/t14-/m1/s1. The monoisotopic (exact) mass is 361 g/mol. The third kappa shape index (κ3) is 2.94. The number of hydrogen-bond donors (Lipinski definition) is 1. The Morgan fingerprint density at radius 3 is 2.96 bits per heavy atom. The van der Waals surface area contributed by atoms with Gasteiger partial charge < -0.3 is 14.8 Å². The molecule has 0 bridgehead atoms. The van der Waals surface area contributed by atoms with Gasteiger partial charge in [0.2, 0.25) is 0 Å². The summed E-state index contributed by atoms with van der Waals surface area (Å²) in [4.78, 5) is 13.9. The summed E-state index contributed by atoms with van der Waals surface area (Å²) in [6, 6.07) is 11.5. The summed E-state index contributed by atoms with van der Waals surface area (Å²) in [5.74, 6) is 1.88. The van der Waals surface area contributed by atoms with Gasteiger partial charge in [0.05, 0.1) is 11.1 Å². The average Bonchev–Trinajstić information content (AvgIpc) is 2.62. The summed E-state index contributed by atoms with van der Waals surface area (Å²) in [5.41, 5.74) is 1.66. The lowest BCUT2D eigenvalue weighted by atomic mass is 10.0. The van der Waals surface area contributed by atoms with Gasteiger partial charge in [-0.3, -0.25) is 4.79 Å². The molecule has 1 N–H and O–H groups in total. The average molecular weight is 362 g/mol. The first-order valence-electron chi connectivity index (χ1n) is 7.84. The molecule has 0 saturated heterocycles. The summed E-state index contributed by atoms with van der Waals surface area (Å²) in [6.45, 7) is 0.927. The number of nitrogens with one attached hydrogen (secondary N) is 1. The van der Waals surface area contributed by atoms with Gasteiger partial charge in [0.1, 0.15) is 13.2 Å². The van der Waals surface area contributed by atoms with E-state index in [0.717, 1.165) is 12.2 Å². The number of hydrogen-bond acceptors (Lipinski definition) is 4. The van der Waals surface area contributed by atoms with E-state index in [0.29, 0.717) is 35.3 Å².